The van der Waals surface area contributed by atoms with Gasteiger partial charge in [0.15, 0.2) is 0 Å². The number of aryl methyl sites for hydroxylation is 1. The van der Waals surface area contributed by atoms with Crippen LogP contribution in [0.15, 0.2) is 11.8 Å². The van der Waals surface area contributed by atoms with Crippen molar-refractivity contribution in [2.75, 3.05) is 6.61 Å². The van der Waals surface area contributed by atoms with Gasteiger partial charge in [-0.05, 0) is 107 Å². The number of ether oxygens (including phenoxy) is 2. The number of aliphatic hydroxyl groups excluding tert-OH is 1. The second kappa shape index (κ2) is 17.1. The Balaban J connectivity index is 0.00000196. The van der Waals surface area contributed by atoms with Crippen LogP contribution in [0.5, 0.6) is 0 Å². The van der Waals surface area contributed by atoms with Crippen LogP contribution in [0.1, 0.15) is 157 Å². The molecule has 1 saturated carbocycles. The maximum Gasteiger partial charge on any atom is 0.114 e. The average Bonchev–Trinajstić information content (AvgIpc) is 3.69. The summed E-state index contributed by atoms with van der Waals surface area (Å²) < 4.78 is 27.2. The number of halogens is 1. The summed E-state index contributed by atoms with van der Waals surface area (Å²) in [6, 6.07) is 0. The lowest BCUT2D eigenvalue weighted by molar-refractivity contribution is -0.0864. The van der Waals surface area contributed by atoms with Gasteiger partial charge >= 0.3 is 0 Å². The molecule has 1 N–H and O–H groups in total. The molecule has 0 aromatic carbocycles. The van der Waals surface area contributed by atoms with Gasteiger partial charge in [-0.15, -0.1) is 0 Å². The second-order valence-electron chi connectivity index (χ2n) is 13.8. The number of rotatable bonds is 16. The molecule has 1 aromatic rings. The van der Waals surface area contributed by atoms with Crippen LogP contribution in [0.2, 0.25) is 0 Å². The lowest BCUT2D eigenvalue weighted by Gasteiger charge is -2.31. The van der Waals surface area contributed by atoms with Gasteiger partial charge in [-0.3, -0.25) is 9.97 Å². The van der Waals surface area contributed by atoms with Gasteiger partial charge in [-0.1, -0.05) is 45.6 Å². The number of aromatic nitrogens is 2. The van der Waals surface area contributed by atoms with E-state index >= 15 is 0 Å². The lowest BCUT2D eigenvalue weighted by atomic mass is 9.82. The molecular formula is C35H63FN2O3. The van der Waals surface area contributed by atoms with E-state index in [4.69, 9.17) is 9.47 Å². The molecule has 238 valence electrons. The molecule has 0 amide bonds. The molecule has 0 bridgehead atoms. The highest BCUT2D eigenvalue weighted by molar-refractivity contribution is 5.54. The minimum atomic E-state index is -1.25. The number of nitrogens with zero attached hydrogens (tertiary/aromatic N) is 2. The number of unbranched alkanes of at least 4 members (excludes halogenated alkanes) is 1. The van der Waals surface area contributed by atoms with Crippen molar-refractivity contribution < 1.29 is 19.0 Å². The SMILES string of the molecule is CCCC.CCC[C@@H](COC(C)(C)C)C(CCCC(O)c1cnc(/C=C(\C)C2(C(C)(C)F)CC2)c(C)n1)OC(C)C. The molecular weight excluding hydrogens is 515 g/mol. The van der Waals surface area contributed by atoms with E-state index in [1.165, 1.54) is 12.8 Å². The molecule has 0 radical (unpaired) electrons. The Kier molecular flexibility index (Phi) is 15.7. The molecule has 1 fully saturated rings. The maximum absolute atomic E-state index is 14.8. The van der Waals surface area contributed by atoms with E-state index in [1.807, 2.05) is 19.9 Å². The average molecular weight is 579 g/mol. The molecule has 0 spiro atoms. The van der Waals surface area contributed by atoms with Gasteiger partial charge in [-0.2, -0.15) is 0 Å². The molecule has 2 unspecified atom stereocenters. The Morgan fingerprint density at radius 2 is 1.66 bits per heavy atom. The highest BCUT2D eigenvalue weighted by Gasteiger charge is 2.56. The predicted octanol–water partition coefficient (Wildman–Crippen LogP) is 9.75. The first-order valence-electron chi connectivity index (χ1n) is 16.2. The summed E-state index contributed by atoms with van der Waals surface area (Å²) in [7, 11) is 0. The van der Waals surface area contributed by atoms with Crippen LogP contribution in [0.25, 0.3) is 6.08 Å². The molecule has 0 saturated heterocycles. The van der Waals surface area contributed by atoms with E-state index in [-0.39, 0.29) is 23.2 Å². The van der Waals surface area contributed by atoms with Gasteiger partial charge in [0.2, 0.25) is 0 Å². The molecule has 0 aliphatic heterocycles. The third-order valence-corrected chi connectivity index (χ3v) is 8.17. The van der Waals surface area contributed by atoms with Gasteiger partial charge in [0.25, 0.3) is 0 Å². The fraction of sp³-hybridized carbons (Fsp3) is 0.829. The second-order valence-corrected chi connectivity index (χ2v) is 13.8. The van der Waals surface area contributed by atoms with Crippen LogP contribution in [-0.4, -0.2) is 45.2 Å². The Morgan fingerprint density at radius 1 is 1.05 bits per heavy atom. The fourth-order valence-electron chi connectivity index (χ4n) is 5.27. The first kappa shape index (κ1) is 37.7. The zero-order chi connectivity index (χ0) is 31.4. The molecule has 1 heterocycles. The number of hydrogen-bond donors (Lipinski definition) is 1. The third kappa shape index (κ3) is 12.8. The smallest absolute Gasteiger partial charge is 0.114 e. The highest BCUT2D eigenvalue weighted by Crippen LogP contribution is 2.60. The monoisotopic (exact) mass is 578 g/mol. The van der Waals surface area contributed by atoms with Crippen molar-refractivity contribution in [3.63, 3.8) is 0 Å². The summed E-state index contributed by atoms with van der Waals surface area (Å²) in [5, 5.41) is 10.9. The van der Waals surface area contributed by atoms with Crippen LogP contribution in [-0.2, 0) is 9.47 Å². The van der Waals surface area contributed by atoms with Gasteiger partial charge in [0.05, 0.1) is 53.8 Å². The summed E-state index contributed by atoms with van der Waals surface area (Å²) in [5.41, 5.74) is 1.28. The van der Waals surface area contributed by atoms with E-state index < -0.39 is 11.8 Å². The zero-order valence-electron chi connectivity index (χ0n) is 28.6. The van der Waals surface area contributed by atoms with Crippen molar-refractivity contribution in [2.45, 2.75) is 170 Å². The Hall–Kier alpha value is -1.37. The molecule has 2 rings (SSSR count). The Labute approximate surface area is 252 Å². The predicted molar refractivity (Wildman–Crippen MR) is 171 cm³/mol. The van der Waals surface area contributed by atoms with Crippen LogP contribution in [0, 0.1) is 18.3 Å². The van der Waals surface area contributed by atoms with E-state index in [9.17, 15) is 9.50 Å². The summed E-state index contributed by atoms with van der Waals surface area (Å²) in [5.74, 6) is 0.323. The normalized spacial score (nSPS) is 17.6. The van der Waals surface area contributed by atoms with E-state index in [1.54, 1.807) is 20.0 Å². The number of alkyl halides is 1. The summed E-state index contributed by atoms with van der Waals surface area (Å²) in [4.78, 5) is 9.24. The third-order valence-electron chi connectivity index (χ3n) is 8.17. The molecule has 41 heavy (non-hydrogen) atoms. The zero-order valence-corrected chi connectivity index (χ0v) is 28.6. The van der Waals surface area contributed by atoms with E-state index in [0.717, 1.165) is 55.5 Å². The van der Waals surface area contributed by atoms with Gasteiger partial charge in [-0.25, -0.2) is 4.39 Å². The van der Waals surface area contributed by atoms with Crippen molar-refractivity contribution >= 4 is 6.08 Å². The standard InChI is InChI=1S/C31H53FN2O3.C4H10/c1-11-13-24(20-36-29(6,7)8)28(37-21(2)3)15-12-14-27(35)26-19-33-25(23(5)34-26)18-22(4)31(16-17-31)30(9,10)32;1-3-4-2/h18-19,21,24,27-28,35H,11-17,20H2,1-10H3;3-4H2,1-2H3/b22-18+;/t24-,27?,28?;/m0./s1. The van der Waals surface area contributed by atoms with Gasteiger partial charge in [0.1, 0.15) is 5.67 Å². The van der Waals surface area contributed by atoms with Crippen molar-refractivity contribution in [1.82, 2.24) is 9.97 Å². The first-order valence-corrected chi connectivity index (χ1v) is 16.2. The van der Waals surface area contributed by atoms with Crippen LogP contribution < -0.4 is 0 Å². The summed E-state index contributed by atoms with van der Waals surface area (Å²) in [6.07, 6.45) is 12.0. The highest BCUT2D eigenvalue weighted by atomic mass is 19.1. The van der Waals surface area contributed by atoms with Gasteiger partial charge in [0, 0.05) is 11.3 Å². The molecule has 1 aromatic heterocycles. The van der Waals surface area contributed by atoms with Gasteiger partial charge < -0.3 is 14.6 Å². The molecule has 5 nitrogen and oxygen atoms in total. The molecule has 1 aliphatic rings. The topological polar surface area (TPSA) is 64.5 Å². The van der Waals surface area contributed by atoms with Crippen molar-refractivity contribution in [3.8, 4) is 0 Å². The van der Waals surface area contributed by atoms with Crippen LogP contribution >= 0.6 is 0 Å². The Bertz CT molecular complexity index is 911. The Morgan fingerprint density at radius 3 is 2.10 bits per heavy atom. The summed E-state index contributed by atoms with van der Waals surface area (Å²) >= 11 is 0. The van der Waals surface area contributed by atoms with Crippen molar-refractivity contribution in [2.24, 2.45) is 11.3 Å². The first-order chi connectivity index (χ1) is 19.0. The quantitative estimate of drug-likeness (QED) is 0.211. The molecule has 3 atom stereocenters. The summed E-state index contributed by atoms with van der Waals surface area (Å²) in [6.45, 7) is 24.9. The minimum Gasteiger partial charge on any atom is -0.387 e. The van der Waals surface area contributed by atoms with Crippen LogP contribution in [0.3, 0.4) is 0 Å². The fourth-order valence-corrected chi connectivity index (χ4v) is 5.27. The largest absolute Gasteiger partial charge is 0.387 e. The van der Waals surface area contributed by atoms with Crippen molar-refractivity contribution in [3.05, 3.63) is 28.9 Å². The number of hydrogen-bond acceptors (Lipinski definition) is 5. The van der Waals surface area contributed by atoms with Crippen molar-refractivity contribution in [1.29, 1.82) is 0 Å². The lowest BCUT2D eigenvalue weighted by Crippen LogP contribution is -2.33. The molecule has 6 heteroatoms. The van der Waals surface area contributed by atoms with E-state index in [2.05, 4.69) is 65.4 Å². The molecule has 1 aliphatic carbocycles. The van der Waals surface area contributed by atoms with Crippen LogP contribution in [0.4, 0.5) is 4.39 Å². The number of allylic oxidation sites excluding steroid dienone is 1. The maximum atomic E-state index is 14.8. The number of aliphatic hydroxyl groups is 1. The van der Waals surface area contributed by atoms with E-state index in [0.29, 0.717) is 24.6 Å². The minimum absolute atomic E-state index is 0.0901.